The molecule has 0 N–H and O–H groups in total. The Hall–Kier alpha value is -1.58. The lowest BCUT2D eigenvalue weighted by Crippen LogP contribution is -2.08. The average Bonchev–Trinajstić information content (AvgIpc) is 2.02. The molecule has 1 aromatic heterocycles. The van der Waals surface area contributed by atoms with Gasteiger partial charge in [-0.15, -0.1) is 0 Å². The largest absolute Gasteiger partial charge is 0.469 e. The van der Waals surface area contributed by atoms with E-state index in [1.54, 1.807) is 6.92 Å². The summed E-state index contributed by atoms with van der Waals surface area (Å²) in [6.45, 7) is 1.65. The van der Waals surface area contributed by atoms with Crippen molar-refractivity contribution in [3.63, 3.8) is 0 Å². The Morgan fingerprint density at radius 2 is 2.23 bits per heavy atom. The van der Waals surface area contributed by atoms with Crippen LogP contribution in [0.2, 0.25) is 0 Å². The zero-order valence-corrected chi connectivity index (χ0v) is 7.49. The van der Waals surface area contributed by atoms with Crippen LogP contribution >= 0.6 is 0 Å². The first-order valence-electron chi connectivity index (χ1n) is 3.79. The van der Waals surface area contributed by atoms with E-state index in [0.29, 0.717) is 11.5 Å². The van der Waals surface area contributed by atoms with E-state index >= 15 is 0 Å². The molecule has 1 rings (SSSR count). The maximum absolute atomic E-state index is 11.0. The van der Waals surface area contributed by atoms with Gasteiger partial charge in [-0.3, -0.25) is 9.59 Å². The third-order valence-electron chi connectivity index (χ3n) is 1.49. The SMILES string of the molecule is COC(=O)Cc1cc(=O)cc(C)o1. The van der Waals surface area contributed by atoms with Gasteiger partial charge in [-0.1, -0.05) is 0 Å². The van der Waals surface area contributed by atoms with Gasteiger partial charge in [-0.05, 0) is 6.92 Å². The van der Waals surface area contributed by atoms with Gasteiger partial charge in [0.1, 0.15) is 17.9 Å². The summed E-state index contributed by atoms with van der Waals surface area (Å²) in [7, 11) is 1.29. The van der Waals surface area contributed by atoms with Gasteiger partial charge in [0.15, 0.2) is 5.43 Å². The van der Waals surface area contributed by atoms with Gasteiger partial charge >= 0.3 is 5.97 Å². The van der Waals surface area contributed by atoms with Crippen LogP contribution in [0.3, 0.4) is 0 Å². The lowest BCUT2D eigenvalue weighted by atomic mass is 10.3. The minimum absolute atomic E-state index is 0.00653. The Bertz CT molecular complexity index is 364. The van der Waals surface area contributed by atoms with Crippen LogP contribution in [0.4, 0.5) is 0 Å². The first-order chi connectivity index (χ1) is 6.11. The molecule has 0 aliphatic carbocycles. The third-order valence-corrected chi connectivity index (χ3v) is 1.49. The van der Waals surface area contributed by atoms with Crippen LogP contribution in [0.1, 0.15) is 11.5 Å². The standard InChI is InChI=1S/C9H10O4/c1-6-3-7(10)4-8(13-6)5-9(11)12-2/h3-4H,5H2,1-2H3. The maximum Gasteiger partial charge on any atom is 0.313 e. The average molecular weight is 182 g/mol. The van der Waals surface area contributed by atoms with Gasteiger partial charge in [0.2, 0.25) is 0 Å². The van der Waals surface area contributed by atoms with E-state index in [0.717, 1.165) is 0 Å². The van der Waals surface area contributed by atoms with E-state index < -0.39 is 5.97 Å². The minimum Gasteiger partial charge on any atom is -0.469 e. The van der Waals surface area contributed by atoms with E-state index in [1.807, 2.05) is 0 Å². The number of ether oxygens (including phenoxy) is 1. The van der Waals surface area contributed by atoms with Crippen molar-refractivity contribution >= 4 is 5.97 Å². The quantitative estimate of drug-likeness (QED) is 0.630. The van der Waals surface area contributed by atoms with Crippen LogP contribution < -0.4 is 5.43 Å². The van der Waals surface area contributed by atoms with Crippen LogP contribution in [-0.2, 0) is 16.0 Å². The molecule has 0 saturated heterocycles. The second kappa shape index (κ2) is 3.89. The van der Waals surface area contributed by atoms with Crippen molar-refractivity contribution in [3.05, 3.63) is 33.9 Å². The normalized spacial score (nSPS) is 9.69. The van der Waals surface area contributed by atoms with Gasteiger partial charge in [0.05, 0.1) is 7.11 Å². The Balaban J connectivity index is 2.89. The second-order valence-corrected chi connectivity index (χ2v) is 2.62. The zero-order valence-electron chi connectivity index (χ0n) is 7.49. The van der Waals surface area contributed by atoms with Crippen molar-refractivity contribution in [2.24, 2.45) is 0 Å². The number of methoxy groups -OCH3 is 1. The molecule has 0 radical (unpaired) electrons. The highest BCUT2D eigenvalue weighted by atomic mass is 16.5. The van der Waals surface area contributed by atoms with Gasteiger partial charge in [0.25, 0.3) is 0 Å². The molecule has 0 aliphatic rings. The van der Waals surface area contributed by atoms with Crippen LogP contribution in [0.25, 0.3) is 0 Å². The highest BCUT2D eigenvalue weighted by Crippen LogP contribution is 2.01. The smallest absolute Gasteiger partial charge is 0.313 e. The molecule has 0 atom stereocenters. The van der Waals surface area contributed by atoms with Crippen molar-refractivity contribution in [2.45, 2.75) is 13.3 Å². The van der Waals surface area contributed by atoms with Crippen LogP contribution in [0.15, 0.2) is 21.3 Å². The molecule has 0 unspecified atom stereocenters. The summed E-state index contributed by atoms with van der Waals surface area (Å²) < 4.78 is 9.56. The number of carbonyl (C=O) groups is 1. The van der Waals surface area contributed by atoms with Gasteiger partial charge in [-0.2, -0.15) is 0 Å². The number of aryl methyl sites for hydroxylation is 1. The first kappa shape index (κ1) is 9.51. The lowest BCUT2D eigenvalue weighted by molar-refractivity contribution is -0.140. The van der Waals surface area contributed by atoms with E-state index in [4.69, 9.17) is 4.42 Å². The lowest BCUT2D eigenvalue weighted by Gasteiger charge is -1.99. The summed E-state index contributed by atoms with van der Waals surface area (Å²) in [4.78, 5) is 21.8. The molecule has 0 amide bonds. The number of hydrogen-bond donors (Lipinski definition) is 0. The molecule has 0 aromatic carbocycles. The molecule has 70 valence electrons. The molecule has 0 spiro atoms. The summed E-state index contributed by atoms with van der Waals surface area (Å²) >= 11 is 0. The summed E-state index contributed by atoms with van der Waals surface area (Å²) in [5.41, 5.74) is -0.164. The summed E-state index contributed by atoms with van der Waals surface area (Å²) in [6, 6.07) is 2.64. The van der Waals surface area contributed by atoms with Crippen LogP contribution in [0, 0.1) is 6.92 Å². The molecule has 1 aromatic rings. The second-order valence-electron chi connectivity index (χ2n) is 2.62. The number of hydrogen-bond acceptors (Lipinski definition) is 4. The zero-order chi connectivity index (χ0) is 9.84. The van der Waals surface area contributed by atoms with Crippen molar-refractivity contribution in [2.75, 3.05) is 7.11 Å². The van der Waals surface area contributed by atoms with E-state index in [-0.39, 0.29) is 11.8 Å². The molecule has 0 aliphatic heterocycles. The molecule has 0 bridgehead atoms. The predicted molar refractivity (Wildman–Crippen MR) is 45.4 cm³/mol. The van der Waals surface area contributed by atoms with Gasteiger partial charge in [-0.25, -0.2) is 0 Å². The summed E-state index contributed by atoms with van der Waals surface area (Å²) in [5, 5.41) is 0. The topological polar surface area (TPSA) is 56.5 Å². The molecule has 13 heavy (non-hydrogen) atoms. The number of carbonyl (C=O) groups excluding carboxylic acids is 1. The van der Waals surface area contributed by atoms with Gasteiger partial charge in [0, 0.05) is 12.1 Å². The van der Waals surface area contributed by atoms with Crippen molar-refractivity contribution < 1.29 is 13.9 Å². The highest BCUT2D eigenvalue weighted by Gasteiger charge is 2.05. The molecular formula is C9H10O4. The maximum atomic E-state index is 11.0. The molecular weight excluding hydrogens is 172 g/mol. The Labute approximate surface area is 75.1 Å². The van der Waals surface area contributed by atoms with Crippen molar-refractivity contribution in [1.29, 1.82) is 0 Å². The van der Waals surface area contributed by atoms with Crippen molar-refractivity contribution in [1.82, 2.24) is 0 Å². The van der Waals surface area contributed by atoms with E-state index in [9.17, 15) is 9.59 Å². The van der Waals surface area contributed by atoms with Crippen molar-refractivity contribution in [3.8, 4) is 0 Å². The summed E-state index contributed by atoms with van der Waals surface area (Å²) in [5.74, 6) is 0.400. The monoisotopic (exact) mass is 182 g/mol. The van der Waals surface area contributed by atoms with Gasteiger partial charge < -0.3 is 9.15 Å². The predicted octanol–water partition coefficient (Wildman–Crippen LogP) is 0.664. The number of rotatable bonds is 2. The van der Waals surface area contributed by atoms with E-state index in [1.165, 1.54) is 19.2 Å². The number of esters is 1. The Morgan fingerprint density at radius 3 is 2.77 bits per heavy atom. The fourth-order valence-electron chi connectivity index (χ4n) is 0.968. The Morgan fingerprint density at radius 1 is 1.54 bits per heavy atom. The van der Waals surface area contributed by atoms with Crippen LogP contribution in [-0.4, -0.2) is 13.1 Å². The molecule has 0 fully saturated rings. The molecule has 0 saturated carbocycles. The molecule has 4 nitrogen and oxygen atoms in total. The third kappa shape index (κ3) is 2.74. The van der Waals surface area contributed by atoms with E-state index in [2.05, 4.69) is 4.74 Å². The fraction of sp³-hybridized carbons (Fsp3) is 0.333. The van der Waals surface area contributed by atoms with Crippen LogP contribution in [0.5, 0.6) is 0 Å². The molecule has 4 heteroatoms. The first-order valence-corrected chi connectivity index (χ1v) is 3.79. The summed E-state index contributed by atoms with van der Waals surface area (Å²) in [6.07, 6.45) is -0.00653. The fourth-order valence-corrected chi connectivity index (χ4v) is 0.968. The Kier molecular flexibility index (Phi) is 2.84. The molecule has 1 heterocycles. The minimum atomic E-state index is -0.422. The highest BCUT2D eigenvalue weighted by molar-refractivity contribution is 5.71.